The van der Waals surface area contributed by atoms with E-state index in [1.165, 1.54) is 41.8 Å². The molecule has 1 aromatic heterocycles. The number of hydrogen-bond acceptors (Lipinski definition) is 6. The molecule has 0 N–H and O–H groups in total. The lowest BCUT2D eigenvalue weighted by molar-refractivity contribution is -0.118. The molecule has 168 valence electrons. The van der Waals surface area contributed by atoms with Crippen LogP contribution in [0.5, 0.6) is 5.75 Å². The van der Waals surface area contributed by atoms with Crippen molar-refractivity contribution in [2.45, 2.75) is 11.3 Å². The first-order valence-corrected chi connectivity index (χ1v) is 11.8. The van der Waals surface area contributed by atoms with Gasteiger partial charge < -0.3 is 18.8 Å². The average molecular weight is 478 g/mol. The van der Waals surface area contributed by atoms with Crippen LogP contribution in [0.1, 0.15) is 6.42 Å². The molecule has 0 fully saturated rings. The maximum Gasteiger partial charge on any atom is 0.316 e. The summed E-state index contributed by atoms with van der Waals surface area (Å²) < 4.78 is 33.7. The first-order valence-electron chi connectivity index (χ1n) is 9.75. The van der Waals surface area contributed by atoms with E-state index in [0.717, 1.165) is 4.57 Å². The zero-order valence-corrected chi connectivity index (χ0v) is 18.9. The predicted molar refractivity (Wildman–Crippen MR) is 120 cm³/mol. The number of benzene rings is 2. The topological polar surface area (TPSA) is 108 Å². The standard InChI is InChI=1S/C21H20ClN3O6S/c1-23-15-5-4-14(12-16(15)24(2)21(28)20(23)27)32(29,30)10-7-19(26)25-8-9-31-18-6-3-13(22)11-17(18)25/h3-6,11-12H,7-10H2,1-2H3. The Balaban J connectivity index is 1.60. The number of aryl methyl sites for hydroxylation is 2. The molecule has 0 atom stereocenters. The van der Waals surface area contributed by atoms with Gasteiger partial charge in [0.1, 0.15) is 12.4 Å². The monoisotopic (exact) mass is 477 g/mol. The van der Waals surface area contributed by atoms with Crippen LogP contribution in [0, 0.1) is 0 Å². The van der Waals surface area contributed by atoms with E-state index in [1.54, 1.807) is 18.2 Å². The minimum atomic E-state index is -3.83. The zero-order valence-electron chi connectivity index (χ0n) is 17.4. The minimum absolute atomic E-state index is 0.0307. The van der Waals surface area contributed by atoms with Gasteiger partial charge in [0.25, 0.3) is 0 Å². The summed E-state index contributed by atoms with van der Waals surface area (Å²) in [4.78, 5) is 38.3. The van der Waals surface area contributed by atoms with Crippen molar-refractivity contribution in [1.29, 1.82) is 0 Å². The molecule has 0 unspecified atom stereocenters. The number of hydrogen-bond donors (Lipinski definition) is 0. The van der Waals surface area contributed by atoms with Crippen molar-refractivity contribution in [3.05, 3.63) is 62.1 Å². The summed E-state index contributed by atoms with van der Waals surface area (Å²) in [6.45, 7) is 0.586. The van der Waals surface area contributed by atoms with Crippen molar-refractivity contribution in [2.24, 2.45) is 14.1 Å². The normalized spacial score (nSPS) is 13.7. The largest absolute Gasteiger partial charge is 0.490 e. The van der Waals surface area contributed by atoms with E-state index in [0.29, 0.717) is 40.6 Å². The second-order valence-corrected chi connectivity index (χ2v) is 10.00. The van der Waals surface area contributed by atoms with Crippen LogP contribution in [-0.2, 0) is 28.7 Å². The number of nitrogens with zero attached hydrogens (tertiary/aromatic N) is 3. The SMILES string of the molecule is Cn1c(=O)c(=O)n(C)c2cc(S(=O)(=O)CCC(=O)N3CCOc4ccc(Cl)cc43)ccc21. The zero-order chi connectivity index (χ0) is 23.2. The highest BCUT2D eigenvalue weighted by atomic mass is 35.5. The summed E-state index contributed by atoms with van der Waals surface area (Å²) in [5.74, 6) is -0.265. The third kappa shape index (κ3) is 3.80. The van der Waals surface area contributed by atoms with E-state index in [9.17, 15) is 22.8 Å². The first-order chi connectivity index (χ1) is 15.1. The van der Waals surface area contributed by atoms with Gasteiger partial charge in [-0.25, -0.2) is 8.42 Å². The van der Waals surface area contributed by atoms with Crippen molar-refractivity contribution < 1.29 is 17.9 Å². The Morgan fingerprint density at radius 2 is 1.72 bits per heavy atom. The molecule has 9 nitrogen and oxygen atoms in total. The summed E-state index contributed by atoms with van der Waals surface area (Å²) in [6.07, 6.45) is -0.238. The molecule has 0 radical (unpaired) electrons. The second kappa shape index (κ2) is 8.10. The van der Waals surface area contributed by atoms with Crippen molar-refractivity contribution in [3.63, 3.8) is 0 Å². The number of aromatic nitrogens is 2. The lowest BCUT2D eigenvalue weighted by Gasteiger charge is -2.29. The molecule has 0 saturated carbocycles. The van der Waals surface area contributed by atoms with Crippen LogP contribution in [0.4, 0.5) is 5.69 Å². The summed E-state index contributed by atoms with van der Waals surface area (Å²) >= 11 is 6.03. The maximum absolute atomic E-state index is 12.9. The summed E-state index contributed by atoms with van der Waals surface area (Å²) in [5.41, 5.74) is -0.218. The average Bonchev–Trinajstić information content (AvgIpc) is 2.79. The molecule has 0 saturated heterocycles. The molecule has 0 aliphatic carbocycles. The number of carbonyl (C=O) groups excluding carboxylic acids is 1. The minimum Gasteiger partial charge on any atom is -0.490 e. The first kappa shape index (κ1) is 22.1. The van der Waals surface area contributed by atoms with Crippen molar-refractivity contribution >= 4 is 44.1 Å². The Kier molecular flexibility index (Phi) is 5.59. The highest BCUT2D eigenvalue weighted by molar-refractivity contribution is 7.91. The number of anilines is 1. The molecular weight excluding hydrogens is 458 g/mol. The predicted octanol–water partition coefficient (Wildman–Crippen LogP) is 1.48. The van der Waals surface area contributed by atoms with Crippen molar-refractivity contribution in [2.75, 3.05) is 23.8 Å². The van der Waals surface area contributed by atoms with E-state index >= 15 is 0 Å². The fourth-order valence-corrected chi connectivity index (χ4v) is 5.09. The molecular formula is C21H20ClN3O6S. The van der Waals surface area contributed by atoms with Crippen LogP contribution >= 0.6 is 11.6 Å². The van der Waals surface area contributed by atoms with Gasteiger partial charge in [-0.2, -0.15) is 0 Å². The molecule has 2 heterocycles. The van der Waals surface area contributed by atoms with Crippen LogP contribution < -0.4 is 20.8 Å². The Labute approximate surface area is 188 Å². The Bertz CT molecular complexity index is 1480. The van der Waals surface area contributed by atoms with E-state index in [2.05, 4.69) is 0 Å². The Morgan fingerprint density at radius 1 is 1.03 bits per heavy atom. The quantitative estimate of drug-likeness (QED) is 0.527. The van der Waals surface area contributed by atoms with Crippen molar-refractivity contribution in [3.8, 4) is 5.75 Å². The van der Waals surface area contributed by atoms with E-state index in [-0.39, 0.29) is 17.2 Å². The Hall–Kier alpha value is -3.11. The maximum atomic E-state index is 12.9. The molecule has 4 rings (SSSR count). The summed E-state index contributed by atoms with van der Waals surface area (Å²) in [6, 6.07) is 9.12. The smallest absolute Gasteiger partial charge is 0.316 e. The van der Waals surface area contributed by atoms with E-state index < -0.39 is 26.7 Å². The number of carbonyl (C=O) groups is 1. The number of fused-ring (bicyclic) bond motifs is 2. The number of ether oxygens (including phenoxy) is 1. The molecule has 1 aliphatic heterocycles. The van der Waals surface area contributed by atoms with Crippen LogP contribution in [-0.4, -0.2) is 42.4 Å². The van der Waals surface area contributed by atoms with Gasteiger partial charge in [-0.15, -0.1) is 0 Å². The van der Waals surface area contributed by atoms with E-state index in [1.807, 2.05) is 0 Å². The molecule has 1 amide bonds. The molecule has 2 aromatic carbocycles. The van der Waals surface area contributed by atoms with Gasteiger partial charge in [0.05, 0.1) is 33.9 Å². The number of halogens is 1. The summed E-state index contributed by atoms with van der Waals surface area (Å²) in [7, 11) is -0.972. The van der Waals surface area contributed by atoms with Gasteiger partial charge in [-0.05, 0) is 36.4 Å². The van der Waals surface area contributed by atoms with Gasteiger partial charge in [0, 0.05) is 25.5 Å². The van der Waals surface area contributed by atoms with Gasteiger partial charge >= 0.3 is 11.1 Å². The highest BCUT2D eigenvalue weighted by Gasteiger charge is 2.26. The van der Waals surface area contributed by atoms with Crippen LogP contribution in [0.3, 0.4) is 0 Å². The van der Waals surface area contributed by atoms with Gasteiger partial charge in [-0.1, -0.05) is 11.6 Å². The summed E-state index contributed by atoms with van der Waals surface area (Å²) in [5, 5.41) is 0.441. The number of rotatable bonds is 4. The number of sulfone groups is 1. The molecule has 0 bridgehead atoms. The molecule has 3 aromatic rings. The molecule has 11 heteroatoms. The lowest BCUT2D eigenvalue weighted by Crippen LogP contribution is -2.39. The fraction of sp³-hybridized carbons (Fsp3) is 0.286. The van der Waals surface area contributed by atoms with Crippen molar-refractivity contribution in [1.82, 2.24) is 9.13 Å². The fourth-order valence-electron chi connectivity index (χ4n) is 3.68. The van der Waals surface area contributed by atoms with Crippen LogP contribution in [0.25, 0.3) is 11.0 Å². The molecule has 32 heavy (non-hydrogen) atoms. The van der Waals surface area contributed by atoms with Crippen LogP contribution in [0.15, 0.2) is 50.9 Å². The second-order valence-electron chi connectivity index (χ2n) is 7.45. The lowest BCUT2D eigenvalue weighted by atomic mass is 10.2. The van der Waals surface area contributed by atoms with E-state index in [4.69, 9.17) is 16.3 Å². The molecule has 1 aliphatic rings. The van der Waals surface area contributed by atoms with Gasteiger partial charge in [0.15, 0.2) is 9.84 Å². The highest BCUT2D eigenvalue weighted by Crippen LogP contribution is 2.34. The van der Waals surface area contributed by atoms with Gasteiger partial charge in [-0.3, -0.25) is 14.4 Å². The van der Waals surface area contributed by atoms with Crippen LogP contribution in [0.2, 0.25) is 5.02 Å². The molecule has 0 spiro atoms. The Morgan fingerprint density at radius 3 is 2.44 bits per heavy atom. The van der Waals surface area contributed by atoms with Gasteiger partial charge in [0.2, 0.25) is 5.91 Å². The third-order valence-corrected chi connectivity index (χ3v) is 7.44. The third-order valence-electron chi connectivity index (χ3n) is 5.49. The number of amides is 1.